The largest absolute Gasteiger partial charge is 0.492 e. The normalized spacial score (nSPS) is 24.4. The number of carbonyl (C=O) groups is 1. The summed E-state index contributed by atoms with van der Waals surface area (Å²) in [6, 6.07) is 0. The molecular weight excluding hydrogens is 191 g/mol. The number of ether oxygens (including phenoxy) is 3. The average molecular weight is 204 g/mol. The van der Waals surface area contributed by atoms with Crippen molar-refractivity contribution in [1.82, 2.24) is 0 Å². The standard InChI is InChI=1S/C9H13FO4/c1-3-13-9(11)8(10)7-4-6(12-2)5-14-7/h6H,3-5H2,1-2H3/b8-7-. The number of rotatable bonds is 3. The molecule has 0 amide bonds. The van der Waals surface area contributed by atoms with Crippen molar-refractivity contribution in [3.63, 3.8) is 0 Å². The van der Waals surface area contributed by atoms with E-state index in [9.17, 15) is 9.18 Å². The maximum atomic E-state index is 13.2. The lowest BCUT2D eigenvalue weighted by atomic mass is 10.2. The molecule has 0 N–H and O–H groups in total. The molecule has 1 fully saturated rings. The molecule has 1 saturated heterocycles. The van der Waals surface area contributed by atoms with E-state index in [1.807, 2.05) is 0 Å². The van der Waals surface area contributed by atoms with Crippen molar-refractivity contribution in [2.24, 2.45) is 0 Å². The first-order valence-corrected chi connectivity index (χ1v) is 4.40. The summed E-state index contributed by atoms with van der Waals surface area (Å²) >= 11 is 0. The van der Waals surface area contributed by atoms with Crippen LogP contribution in [-0.2, 0) is 19.0 Å². The Morgan fingerprint density at radius 1 is 1.71 bits per heavy atom. The fourth-order valence-electron chi connectivity index (χ4n) is 1.13. The summed E-state index contributed by atoms with van der Waals surface area (Å²) in [7, 11) is 1.51. The van der Waals surface area contributed by atoms with Gasteiger partial charge in [0.15, 0.2) is 0 Å². The molecule has 1 aliphatic rings. The summed E-state index contributed by atoms with van der Waals surface area (Å²) in [6.45, 7) is 2.04. The van der Waals surface area contributed by atoms with Crippen LogP contribution in [0.5, 0.6) is 0 Å². The van der Waals surface area contributed by atoms with Gasteiger partial charge in [0.05, 0.1) is 12.7 Å². The molecule has 80 valence electrons. The van der Waals surface area contributed by atoms with Crippen LogP contribution in [0.2, 0.25) is 0 Å². The van der Waals surface area contributed by atoms with Gasteiger partial charge in [0.25, 0.3) is 0 Å². The van der Waals surface area contributed by atoms with E-state index in [0.29, 0.717) is 0 Å². The fourth-order valence-corrected chi connectivity index (χ4v) is 1.13. The maximum Gasteiger partial charge on any atom is 0.370 e. The lowest BCUT2D eigenvalue weighted by Crippen LogP contribution is -2.08. The molecule has 4 nitrogen and oxygen atoms in total. The molecule has 1 atom stereocenters. The highest BCUT2D eigenvalue weighted by Gasteiger charge is 2.27. The first-order valence-electron chi connectivity index (χ1n) is 4.40. The first kappa shape index (κ1) is 11.0. The van der Waals surface area contributed by atoms with Gasteiger partial charge in [-0.25, -0.2) is 4.79 Å². The second kappa shape index (κ2) is 4.95. The van der Waals surface area contributed by atoms with E-state index in [2.05, 4.69) is 4.74 Å². The summed E-state index contributed by atoms with van der Waals surface area (Å²) in [5.74, 6) is -1.90. The quantitative estimate of drug-likeness (QED) is 0.511. The average Bonchev–Trinajstić information content (AvgIpc) is 2.65. The summed E-state index contributed by atoms with van der Waals surface area (Å²) in [4.78, 5) is 10.9. The molecule has 1 aliphatic heterocycles. The Bertz CT molecular complexity index is 249. The lowest BCUT2D eigenvalue weighted by molar-refractivity contribution is -0.140. The number of esters is 1. The van der Waals surface area contributed by atoms with Crippen LogP contribution < -0.4 is 0 Å². The fraction of sp³-hybridized carbons (Fsp3) is 0.667. The zero-order valence-electron chi connectivity index (χ0n) is 8.21. The number of carbonyl (C=O) groups excluding carboxylic acids is 1. The van der Waals surface area contributed by atoms with E-state index in [1.54, 1.807) is 6.92 Å². The Labute approximate surface area is 81.6 Å². The topological polar surface area (TPSA) is 44.8 Å². The maximum absolute atomic E-state index is 13.2. The van der Waals surface area contributed by atoms with Gasteiger partial charge in [-0.3, -0.25) is 0 Å². The lowest BCUT2D eigenvalue weighted by Gasteiger charge is -2.01. The number of hydrogen-bond donors (Lipinski definition) is 0. The van der Waals surface area contributed by atoms with Gasteiger partial charge in [-0.15, -0.1) is 0 Å². The molecule has 0 radical (unpaired) electrons. The highest BCUT2D eigenvalue weighted by molar-refractivity contribution is 5.86. The Morgan fingerprint density at radius 2 is 2.43 bits per heavy atom. The van der Waals surface area contributed by atoms with Crippen LogP contribution in [0, 0.1) is 0 Å². The highest BCUT2D eigenvalue weighted by Crippen LogP contribution is 2.23. The van der Waals surface area contributed by atoms with Crippen molar-refractivity contribution >= 4 is 5.97 Å². The van der Waals surface area contributed by atoms with Crippen molar-refractivity contribution in [1.29, 1.82) is 0 Å². The summed E-state index contributed by atoms with van der Waals surface area (Å²) in [5, 5.41) is 0. The van der Waals surface area contributed by atoms with E-state index >= 15 is 0 Å². The number of methoxy groups -OCH3 is 1. The Balaban J connectivity index is 2.61. The van der Waals surface area contributed by atoms with Crippen molar-refractivity contribution in [3.05, 3.63) is 11.6 Å². The van der Waals surface area contributed by atoms with Crippen LogP contribution in [-0.4, -0.2) is 32.4 Å². The zero-order valence-corrected chi connectivity index (χ0v) is 8.21. The molecule has 0 aliphatic carbocycles. The van der Waals surface area contributed by atoms with Gasteiger partial charge in [-0.2, -0.15) is 4.39 Å². The van der Waals surface area contributed by atoms with Crippen LogP contribution >= 0.6 is 0 Å². The third kappa shape index (κ3) is 2.45. The van der Waals surface area contributed by atoms with Gasteiger partial charge in [0.1, 0.15) is 12.4 Å². The summed E-state index contributed by atoms with van der Waals surface area (Å²) in [6.07, 6.45) is 0.103. The summed E-state index contributed by atoms with van der Waals surface area (Å²) < 4.78 is 27.6. The summed E-state index contributed by atoms with van der Waals surface area (Å²) in [5.41, 5.74) is 0. The minimum atomic E-state index is -0.973. The molecule has 0 aromatic carbocycles. The van der Waals surface area contributed by atoms with Crippen LogP contribution in [0.4, 0.5) is 4.39 Å². The molecule has 1 heterocycles. The minimum Gasteiger partial charge on any atom is -0.492 e. The van der Waals surface area contributed by atoms with Crippen molar-refractivity contribution in [2.45, 2.75) is 19.4 Å². The van der Waals surface area contributed by atoms with E-state index < -0.39 is 11.8 Å². The third-order valence-corrected chi connectivity index (χ3v) is 1.89. The van der Waals surface area contributed by atoms with Gasteiger partial charge >= 0.3 is 5.97 Å². The molecule has 0 saturated carbocycles. The SMILES string of the molecule is CCOC(=O)/C(F)=C1\CC(OC)CO1. The molecule has 0 spiro atoms. The van der Waals surface area contributed by atoms with E-state index in [-0.39, 0.29) is 31.5 Å². The molecule has 14 heavy (non-hydrogen) atoms. The predicted molar refractivity (Wildman–Crippen MR) is 46.1 cm³/mol. The van der Waals surface area contributed by atoms with Crippen LogP contribution in [0.1, 0.15) is 13.3 Å². The van der Waals surface area contributed by atoms with Crippen LogP contribution in [0.3, 0.4) is 0 Å². The van der Waals surface area contributed by atoms with Gasteiger partial charge in [-0.05, 0) is 6.92 Å². The van der Waals surface area contributed by atoms with E-state index in [4.69, 9.17) is 9.47 Å². The highest BCUT2D eigenvalue weighted by atomic mass is 19.1. The molecule has 1 rings (SSSR count). The second-order valence-corrected chi connectivity index (χ2v) is 2.83. The number of halogens is 1. The smallest absolute Gasteiger partial charge is 0.370 e. The van der Waals surface area contributed by atoms with Gasteiger partial charge < -0.3 is 14.2 Å². The van der Waals surface area contributed by atoms with Crippen molar-refractivity contribution in [3.8, 4) is 0 Å². The van der Waals surface area contributed by atoms with E-state index in [0.717, 1.165) is 0 Å². The first-order chi connectivity index (χ1) is 6.69. The Morgan fingerprint density at radius 3 is 2.93 bits per heavy atom. The molecule has 5 heteroatoms. The van der Waals surface area contributed by atoms with Crippen molar-refractivity contribution in [2.75, 3.05) is 20.3 Å². The zero-order chi connectivity index (χ0) is 10.6. The van der Waals surface area contributed by atoms with E-state index in [1.165, 1.54) is 7.11 Å². The van der Waals surface area contributed by atoms with Gasteiger partial charge in [-0.1, -0.05) is 0 Å². The number of hydrogen-bond acceptors (Lipinski definition) is 4. The predicted octanol–water partition coefficient (Wildman–Crippen LogP) is 1.17. The second-order valence-electron chi connectivity index (χ2n) is 2.83. The molecule has 0 aromatic rings. The van der Waals surface area contributed by atoms with Crippen LogP contribution in [0.15, 0.2) is 11.6 Å². The Kier molecular flexibility index (Phi) is 3.88. The minimum absolute atomic E-state index is 0.0234. The molecular formula is C9H13FO4. The third-order valence-electron chi connectivity index (χ3n) is 1.89. The molecule has 0 bridgehead atoms. The molecule has 1 unspecified atom stereocenters. The Hall–Kier alpha value is -1.10. The monoisotopic (exact) mass is 204 g/mol. The van der Waals surface area contributed by atoms with Crippen LogP contribution in [0.25, 0.3) is 0 Å². The van der Waals surface area contributed by atoms with Gasteiger partial charge in [0, 0.05) is 13.5 Å². The van der Waals surface area contributed by atoms with Gasteiger partial charge in [0.2, 0.25) is 5.83 Å². The van der Waals surface area contributed by atoms with Crippen molar-refractivity contribution < 1.29 is 23.4 Å². The molecule has 0 aromatic heterocycles.